The van der Waals surface area contributed by atoms with Gasteiger partial charge in [0, 0.05) is 6.42 Å². The second-order valence-corrected chi connectivity index (χ2v) is 24.7. The number of aliphatic hydroxyl groups excluding tert-OH is 11. The molecule has 3 fully saturated rings. The van der Waals surface area contributed by atoms with E-state index in [1.807, 2.05) is 6.08 Å². The SMILES string of the molecule is CCCCCCCCCCCCCCCCCCCC/C=C/C(O)C(COC1OC(CO)C(OC2OC(CO)C(OC3OC(CO)C(O)C(O)C3O)C(O)C2O)C(O)C1O)NC(=O)CCCCCCCCCCCCCCCCCCCCC. The van der Waals surface area contributed by atoms with Crippen LogP contribution in [0.3, 0.4) is 0 Å². The fraction of sp³-hybridized carbons (Fsp3) is 0.954. The Labute approximate surface area is 506 Å². The van der Waals surface area contributed by atoms with E-state index >= 15 is 0 Å². The molecule has 3 saturated heterocycles. The van der Waals surface area contributed by atoms with Crippen molar-refractivity contribution in [1.82, 2.24) is 5.32 Å². The smallest absolute Gasteiger partial charge is 0.220 e. The zero-order valence-electron chi connectivity index (χ0n) is 52.2. The first-order chi connectivity index (χ1) is 40.8. The third kappa shape index (κ3) is 30.8. The summed E-state index contributed by atoms with van der Waals surface area (Å²) in [5, 5.41) is 120. The lowest BCUT2D eigenvalue weighted by Gasteiger charge is -2.48. The van der Waals surface area contributed by atoms with Gasteiger partial charge in [0.05, 0.1) is 38.6 Å². The maximum absolute atomic E-state index is 13.4. The molecule has 17 unspecified atom stereocenters. The highest BCUT2D eigenvalue weighted by molar-refractivity contribution is 5.76. The van der Waals surface area contributed by atoms with Crippen LogP contribution < -0.4 is 5.32 Å². The quantitative estimate of drug-likeness (QED) is 0.0202. The molecule has 1 amide bonds. The average Bonchev–Trinajstić information content (AvgIpc) is 3.45. The van der Waals surface area contributed by atoms with Gasteiger partial charge < -0.3 is 89.9 Å². The minimum absolute atomic E-state index is 0.250. The van der Waals surface area contributed by atoms with Gasteiger partial charge in [0.2, 0.25) is 5.91 Å². The van der Waals surface area contributed by atoms with Gasteiger partial charge in [0.25, 0.3) is 0 Å². The molecule has 496 valence electrons. The summed E-state index contributed by atoms with van der Waals surface area (Å²) in [6.07, 6.45) is 24.7. The molecule has 0 aromatic carbocycles. The van der Waals surface area contributed by atoms with E-state index in [2.05, 4.69) is 19.2 Å². The van der Waals surface area contributed by atoms with Crippen LogP contribution in [0.5, 0.6) is 0 Å². The van der Waals surface area contributed by atoms with Crippen LogP contribution in [0, 0.1) is 0 Å². The number of unbranched alkanes of at least 4 members (excludes halogenated alkanes) is 36. The summed E-state index contributed by atoms with van der Waals surface area (Å²) in [5.74, 6) is -0.270. The summed E-state index contributed by atoms with van der Waals surface area (Å²) in [5.41, 5.74) is 0. The van der Waals surface area contributed by atoms with Crippen LogP contribution in [0.4, 0.5) is 0 Å². The normalized spacial score (nSPS) is 29.2. The van der Waals surface area contributed by atoms with E-state index < -0.39 is 124 Å². The summed E-state index contributed by atoms with van der Waals surface area (Å²) in [6, 6.07) is -0.968. The van der Waals surface area contributed by atoms with E-state index in [9.17, 15) is 61.0 Å². The van der Waals surface area contributed by atoms with Gasteiger partial charge in [0.15, 0.2) is 18.9 Å². The molecule has 84 heavy (non-hydrogen) atoms. The molecule has 3 aliphatic heterocycles. The van der Waals surface area contributed by atoms with Crippen LogP contribution in [0.1, 0.15) is 264 Å². The molecule has 12 N–H and O–H groups in total. The highest BCUT2D eigenvalue weighted by atomic mass is 16.8. The van der Waals surface area contributed by atoms with Crippen molar-refractivity contribution >= 4 is 5.91 Å². The standard InChI is InChI=1S/C65H123NO18/c1-3-5-7-9-11-13-15-17-19-21-23-25-26-28-30-32-34-36-38-40-42-49(70)48(66-53(71)43-41-39-37-35-33-31-29-27-24-22-20-18-16-14-12-10-8-6-4-2)47-79-63-59(77)56(74)61(51(45-68)81-63)84-65-60(78)57(75)62(52(46-69)82-65)83-64-58(76)55(73)54(72)50(44-67)80-64/h40,42,48-52,54-65,67-70,72-78H,3-39,41,43-47H2,1-2H3,(H,66,71)/b42-40+. The largest absolute Gasteiger partial charge is 0.394 e. The number of nitrogens with one attached hydrogen (secondary N) is 1. The van der Waals surface area contributed by atoms with Gasteiger partial charge >= 0.3 is 0 Å². The van der Waals surface area contributed by atoms with Crippen molar-refractivity contribution in [3.8, 4) is 0 Å². The van der Waals surface area contributed by atoms with Gasteiger partial charge in [-0.3, -0.25) is 4.79 Å². The predicted molar refractivity (Wildman–Crippen MR) is 323 cm³/mol. The maximum Gasteiger partial charge on any atom is 0.220 e. The Hall–Kier alpha value is -1.47. The van der Waals surface area contributed by atoms with Crippen molar-refractivity contribution in [3.63, 3.8) is 0 Å². The van der Waals surface area contributed by atoms with E-state index in [1.54, 1.807) is 6.08 Å². The minimum Gasteiger partial charge on any atom is -0.394 e. The minimum atomic E-state index is -1.98. The van der Waals surface area contributed by atoms with Crippen LogP contribution in [-0.2, 0) is 33.2 Å². The summed E-state index contributed by atoms with van der Waals surface area (Å²) in [6.45, 7) is 1.77. The van der Waals surface area contributed by atoms with Gasteiger partial charge in [-0.15, -0.1) is 0 Å². The molecule has 0 aromatic rings. The van der Waals surface area contributed by atoms with E-state index in [-0.39, 0.29) is 18.9 Å². The Balaban J connectivity index is 1.46. The summed E-state index contributed by atoms with van der Waals surface area (Å²) in [7, 11) is 0. The van der Waals surface area contributed by atoms with Gasteiger partial charge in [-0.05, 0) is 19.3 Å². The first-order valence-corrected chi connectivity index (χ1v) is 33.9. The second kappa shape index (κ2) is 48.4. The zero-order valence-corrected chi connectivity index (χ0v) is 52.2. The van der Waals surface area contributed by atoms with Crippen LogP contribution in [0.25, 0.3) is 0 Å². The van der Waals surface area contributed by atoms with E-state index in [1.165, 1.54) is 193 Å². The Morgan fingerprint density at radius 3 is 1.12 bits per heavy atom. The molecule has 17 atom stereocenters. The molecule has 0 aromatic heterocycles. The van der Waals surface area contributed by atoms with Crippen molar-refractivity contribution in [2.24, 2.45) is 0 Å². The molecule has 3 rings (SSSR count). The second-order valence-electron chi connectivity index (χ2n) is 24.7. The average molecular weight is 1210 g/mol. The summed E-state index contributed by atoms with van der Waals surface area (Å²) < 4.78 is 34.3. The van der Waals surface area contributed by atoms with Crippen molar-refractivity contribution in [1.29, 1.82) is 0 Å². The molecule has 3 aliphatic rings. The molecule has 0 aliphatic carbocycles. The molecule has 0 spiro atoms. The Morgan fingerprint density at radius 1 is 0.417 bits per heavy atom. The summed E-state index contributed by atoms with van der Waals surface area (Å²) in [4.78, 5) is 13.4. The fourth-order valence-electron chi connectivity index (χ4n) is 11.8. The lowest BCUT2D eigenvalue weighted by atomic mass is 9.96. The van der Waals surface area contributed by atoms with Gasteiger partial charge in [-0.25, -0.2) is 0 Å². The molecule has 19 heteroatoms. The number of hydrogen-bond acceptors (Lipinski definition) is 18. The van der Waals surface area contributed by atoms with Gasteiger partial charge in [0.1, 0.15) is 73.2 Å². The summed E-state index contributed by atoms with van der Waals surface area (Å²) >= 11 is 0. The Morgan fingerprint density at radius 2 is 0.738 bits per heavy atom. The van der Waals surface area contributed by atoms with E-state index in [0.29, 0.717) is 6.42 Å². The van der Waals surface area contributed by atoms with Crippen LogP contribution >= 0.6 is 0 Å². The third-order valence-electron chi connectivity index (χ3n) is 17.3. The highest BCUT2D eigenvalue weighted by Crippen LogP contribution is 2.33. The number of hydrogen-bond donors (Lipinski definition) is 12. The van der Waals surface area contributed by atoms with Crippen molar-refractivity contribution < 1.29 is 89.4 Å². The van der Waals surface area contributed by atoms with Gasteiger partial charge in [-0.1, -0.05) is 251 Å². The first kappa shape index (κ1) is 76.8. The van der Waals surface area contributed by atoms with Crippen LogP contribution in [0.2, 0.25) is 0 Å². The van der Waals surface area contributed by atoms with E-state index in [4.69, 9.17) is 28.4 Å². The highest BCUT2D eigenvalue weighted by Gasteiger charge is 2.53. The number of carbonyl (C=O) groups is 1. The number of carbonyl (C=O) groups excluding carboxylic acids is 1. The molecular weight excluding hydrogens is 1080 g/mol. The number of allylic oxidation sites excluding steroid dienone is 1. The predicted octanol–water partition coefficient (Wildman–Crippen LogP) is 8.11. The Kier molecular flexibility index (Phi) is 44.2. The molecule has 0 bridgehead atoms. The number of rotatable bonds is 52. The lowest BCUT2D eigenvalue weighted by molar-refractivity contribution is -0.379. The fourth-order valence-corrected chi connectivity index (χ4v) is 11.8. The number of aliphatic hydroxyl groups is 11. The van der Waals surface area contributed by atoms with Gasteiger partial charge in [-0.2, -0.15) is 0 Å². The number of ether oxygens (including phenoxy) is 6. The molecular formula is C65H123NO18. The lowest BCUT2D eigenvalue weighted by Crippen LogP contribution is -2.66. The van der Waals surface area contributed by atoms with Crippen LogP contribution in [0.15, 0.2) is 12.2 Å². The van der Waals surface area contributed by atoms with Crippen molar-refractivity contribution in [2.75, 3.05) is 26.4 Å². The molecule has 0 radical (unpaired) electrons. The van der Waals surface area contributed by atoms with Crippen molar-refractivity contribution in [3.05, 3.63) is 12.2 Å². The zero-order chi connectivity index (χ0) is 61.2. The number of amides is 1. The topological polar surface area (TPSA) is 307 Å². The molecule has 19 nitrogen and oxygen atoms in total. The Bertz CT molecular complexity index is 1580. The molecule has 0 saturated carbocycles. The third-order valence-corrected chi connectivity index (χ3v) is 17.3. The monoisotopic (exact) mass is 1210 g/mol. The van der Waals surface area contributed by atoms with Crippen LogP contribution in [-0.4, -0.2) is 193 Å². The van der Waals surface area contributed by atoms with Crippen molar-refractivity contribution in [2.45, 2.75) is 369 Å². The molecule has 3 heterocycles. The first-order valence-electron chi connectivity index (χ1n) is 33.9. The maximum atomic E-state index is 13.4. The van der Waals surface area contributed by atoms with E-state index in [0.717, 1.165) is 44.9 Å².